The van der Waals surface area contributed by atoms with Crippen LogP contribution in [0.15, 0.2) is 58.8 Å². The second-order valence-electron chi connectivity index (χ2n) is 4.52. The number of hydrogen-bond acceptors (Lipinski definition) is 5. The summed E-state index contributed by atoms with van der Waals surface area (Å²) in [6.45, 7) is 3.44. The molecule has 0 saturated carbocycles. The first kappa shape index (κ1) is 14.6. The molecule has 5 heteroatoms. The van der Waals surface area contributed by atoms with E-state index in [9.17, 15) is 0 Å². The van der Waals surface area contributed by atoms with E-state index in [4.69, 9.17) is 15.2 Å². The molecule has 2 aromatic rings. The first-order valence-corrected chi connectivity index (χ1v) is 6.40. The van der Waals surface area contributed by atoms with Gasteiger partial charge in [-0.3, -0.25) is 0 Å². The standard InChI is InChI=1S/C16H16N2O3/c1-11(17-19)13-3-7-15(8-4-13)21-16-9-5-14(6-10-16)12(2)18-20/h3-10,19-20H,1-2H3/b17-11-,18-12+. The van der Waals surface area contributed by atoms with E-state index in [2.05, 4.69) is 10.3 Å². The number of ether oxygens (including phenoxy) is 1. The lowest BCUT2D eigenvalue weighted by Gasteiger charge is -2.07. The molecule has 0 aliphatic carbocycles. The van der Waals surface area contributed by atoms with Gasteiger partial charge in [-0.15, -0.1) is 0 Å². The van der Waals surface area contributed by atoms with Crippen LogP contribution >= 0.6 is 0 Å². The fourth-order valence-electron chi connectivity index (χ4n) is 1.78. The predicted octanol–water partition coefficient (Wildman–Crippen LogP) is 3.88. The maximum absolute atomic E-state index is 8.71. The first-order chi connectivity index (χ1) is 10.1. The molecule has 0 amide bonds. The molecule has 0 spiro atoms. The van der Waals surface area contributed by atoms with Crippen LogP contribution in [0.4, 0.5) is 0 Å². The molecule has 0 fully saturated rings. The lowest BCUT2D eigenvalue weighted by Crippen LogP contribution is -1.95. The molecule has 2 rings (SSSR count). The van der Waals surface area contributed by atoms with Crippen LogP contribution in [0.1, 0.15) is 25.0 Å². The van der Waals surface area contributed by atoms with Crippen LogP contribution in [0.3, 0.4) is 0 Å². The summed E-state index contributed by atoms with van der Waals surface area (Å²) in [6, 6.07) is 14.5. The van der Waals surface area contributed by atoms with Crippen LogP contribution in [0.2, 0.25) is 0 Å². The molecule has 0 atom stereocenters. The molecule has 2 N–H and O–H groups in total. The highest BCUT2D eigenvalue weighted by Gasteiger charge is 2.02. The molecule has 21 heavy (non-hydrogen) atoms. The fraction of sp³-hybridized carbons (Fsp3) is 0.125. The van der Waals surface area contributed by atoms with Gasteiger partial charge in [-0.2, -0.15) is 0 Å². The Hall–Kier alpha value is -2.82. The summed E-state index contributed by atoms with van der Waals surface area (Å²) in [5.74, 6) is 1.37. The van der Waals surface area contributed by atoms with E-state index < -0.39 is 0 Å². The Bertz CT molecular complexity index is 599. The monoisotopic (exact) mass is 284 g/mol. The highest BCUT2D eigenvalue weighted by molar-refractivity contribution is 5.98. The van der Waals surface area contributed by atoms with E-state index >= 15 is 0 Å². The molecule has 2 aromatic carbocycles. The van der Waals surface area contributed by atoms with Gasteiger partial charge in [0.25, 0.3) is 0 Å². The van der Waals surface area contributed by atoms with E-state index in [1.807, 2.05) is 24.3 Å². The molecule has 0 aliphatic heterocycles. The van der Waals surface area contributed by atoms with Gasteiger partial charge < -0.3 is 15.2 Å². The number of benzene rings is 2. The second-order valence-corrected chi connectivity index (χ2v) is 4.52. The molecule has 0 radical (unpaired) electrons. The zero-order valence-electron chi connectivity index (χ0n) is 11.8. The maximum atomic E-state index is 8.71. The fourth-order valence-corrected chi connectivity index (χ4v) is 1.78. The summed E-state index contributed by atoms with van der Waals surface area (Å²) < 4.78 is 5.71. The van der Waals surface area contributed by atoms with Crippen molar-refractivity contribution in [1.29, 1.82) is 0 Å². The molecule has 0 heterocycles. The third-order valence-electron chi connectivity index (χ3n) is 3.08. The summed E-state index contributed by atoms with van der Waals surface area (Å²) >= 11 is 0. The zero-order valence-corrected chi connectivity index (χ0v) is 11.8. The molecule has 108 valence electrons. The van der Waals surface area contributed by atoms with Gasteiger partial charge >= 0.3 is 0 Å². The molecule has 0 unspecified atom stereocenters. The van der Waals surface area contributed by atoms with Crippen LogP contribution in [0.5, 0.6) is 11.5 Å². The van der Waals surface area contributed by atoms with Gasteiger partial charge in [0.2, 0.25) is 0 Å². The largest absolute Gasteiger partial charge is 0.457 e. The van der Waals surface area contributed by atoms with E-state index in [-0.39, 0.29) is 0 Å². The summed E-state index contributed by atoms with van der Waals surface area (Å²) in [5.41, 5.74) is 2.75. The molecule has 5 nitrogen and oxygen atoms in total. The van der Waals surface area contributed by atoms with E-state index in [1.54, 1.807) is 38.1 Å². The Labute approximate surface area is 122 Å². The highest BCUT2D eigenvalue weighted by atomic mass is 16.5. The number of oxime groups is 2. The van der Waals surface area contributed by atoms with Crippen molar-refractivity contribution in [1.82, 2.24) is 0 Å². The Kier molecular flexibility index (Phi) is 4.56. The molecule has 0 bridgehead atoms. The quantitative estimate of drug-likeness (QED) is 0.508. The minimum Gasteiger partial charge on any atom is -0.457 e. The van der Waals surface area contributed by atoms with Crippen LogP contribution in [0.25, 0.3) is 0 Å². The molecular weight excluding hydrogens is 268 g/mol. The third kappa shape index (κ3) is 3.60. The minimum absolute atomic E-state index is 0.546. The minimum atomic E-state index is 0.546. The van der Waals surface area contributed by atoms with Gasteiger partial charge in [0, 0.05) is 0 Å². The highest BCUT2D eigenvalue weighted by Crippen LogP contribution is 2.22. The third-order valence-corrected chi connectivity index (χ3v) is 3.08. The van der Waals surface area contributed by atoms with Gasteiger partial charge in [0.1, 0.15) is 11.5 Å². The lowest BCUT2D eigenvalue weighted by atomic mass is 10.1. The normalized spacial score (nSPS) is 12.3. The number of rotatable bonds is 4. The summed E-state index contributed by atoms with van der Waals surface area (Å²) in [4.78, 5) is 0. The first-order valence-electron chi connectivity index (χ1n) is 6.40. The van der Waals surface area contributed by atoms with Crippen LogP contribution in [0, 0.1) is 0 Å². The Morgan fingerprint density at radius 1 is 0.714 bits per heavy atom. The SMILES string of the molecule is C/C(=N/O)c1ccc(Oc2ccc(/C(C)=N/O)cc2)cc1. The number of nitrogens with zero attached hydrogens (tertiary/aromatic N) is 2. The van der Waals surface area contributed by atoms with Crippen molar-refractivity contribution in [2.75, 3.05) is 0 Å². The van der Waals surface area contributed by atoms with Crippen molar-refractivity contribution < 1.29 is 15.2 Å². The van der Waals surface area contributed by atoms with Crippen molar-refractivity contribution in [3.8, 4) is 11.5 Å². The predicted molar refractivity (Wildman–Crippen MR) is 81.0 cm³/mol. The topological polar surface area (TPSA) is 74.4 Å². The summed E-state index contributed by atoms with van der Waals surface area (Å²) in [6.07, 6.45) is 0. The molecule has 0 aromatic heterocycles. The summed E-state index contributed by atoms with van der Waals surface area (Å²) in [7, 11) is 0. The van der Waals surface area contributed by atoms with Crippen molar-refractivity contribution in [2.45, 2.75) is 13.8 Å². The van der Waals surface area contributed by atoms with Gasteiger partial charge in [0.15, 0.2) is 0 Å². The molecular formula is C16H16N2O3. The van der Waals surface area contributed by atoms with Crippen molar-refractivity contribution in [3.05, 3.63) is 59.7 Å². The molecule has 0 aliphatic rings. The van der Waals surface area contributed by atoms with Crippen molar-refractivity contribution in [2.24, 2.45) is 10.3 Å². The smallest absolute Gasteiger partial charge is 0.127 e. The maximum Gasteiger partial charge on any atom is 0.127 e. The Morgan fingerprint density at radius 3 is 1.33 bits per heavy atom. The van der Waals surface area contributed by atoms with Gasteiger partial charge in [0.05, 0.1) is 11.4 Å². The number of hydrogen-bond donors (Lipinski definition) is 2. The van der Waals surface area contributed by atoms with Gasteiger partial charge in [-0.25, -0.2) is 0 Å². The van der Waals surface area contributed by atoms with Crippen molar-refractivity contribution in [3.63, 3.8) is 0 Å². The summed E-state index contributed by atoms with van der Waals surface area (Å²) in [5, 5.41) is 23.7. The van der Waals surface area contributed by atoms with Gasteiger partial charge in [-0.1, -0.05) is 10.3 Å². The van der Waals surface area contributed by atoms with Crippen LogP contribution in [-0.2, 0) is 0 Å². The van der Waals surface area contributed by atoms with E-state index in [0.717, 1.165) is 11.1 Å². The average molecular weight is 284 g/mol. The van der Waals surface area contributed by atoms with E-state index in [0.29, 0.717) is 22.9 Å². The van der Waals surface area contributed by atoms with Gasteiger partial charge in [-0.05, 0) is 73.5 Å². The van der Waals surface area contributed by atoms with Crippen LogP contribution < -0.4 is 4.74 Å². The second kappa shape index (κ2) is 6.56. The zero-order chi connectivity index (χ0) is 15.2. The molecule has 0 saturated heterocycles. The average Bonchev–Trinajstić information content (AvgIpc) is 2.55. The lowest BCUT2D eigenvalue weighted by molar-refractivity contribution is 0.319. The van der Waals surface area contributed by atoms with Crippen molar-refractivity contribution >= 4 is 11.4 Å². The Morgan fingerprint density at radius 2 is 1.05 bits per heavy atom. The van der Waals surface area contributed by atoms with E-state index in [1.165, 1.54) is 0 Å². The Balaban J connectivity index is 2.11. The van der Waals surface area contributed by atoms with Crippen LogP contribution in [-0.4, -0.2) is 21.8 Å².